The molecule has 0 atom stereocenters. The molecule has 4 rings (SSSR count). The van der Waals surface area contributed by atoms with E-state index in [0.29, 0.717) is 6.42 Å². The van der Waals surface area contributed by atoms with Gasteiger partial charge in [-0.25, -0.2) is 0 Å². The number of phenols is 4. The number of hydrogen-bond donors (Lipinski definition) is 17. The normalized spacial score (nSPS) is 10.7. The second-order valence-electron chi connectivity index (χ2n) is 18.8. The highest BCUT2D eigenvalue weighted by molar-refractivity contribution is 6.11. The predicted octanol–water partition coefficient (Wildman–Crippen LogP) is -3.27. The number of rotatable bonds is 30. The Morgan fingerprint density at radius 1 is 0.299 bits per heavy atom. The molecule has 31 heteroatoms. The van der Waals surface area contributed by atoms with Crippen molar-refractivity contribution in [3.63, 3.8) is 0 Å². The van der Waals surface area contributed by atoms with Crippen LogP contribution in [0.15, 0.2) is 48.5 Å². The number of phenolic OH excluding ortho intramolecular Hbond substituents is 4. The van der Waals surface area contributed by atoms with Crippen molar-refractivity contribution in [1.82, 2.24) is 73.6 Å². The topological polar surface area (TPSA) is 463 Å². The number of nitrogens with one attached hydrogen (secondary N) is 12. The number of hydrogen-bond acceptors (Lipinski definition) is 19. The van der Waals surface area contributed by atoms with Crippen molar-refractivity contribution < 1.29 is 78.0 Å². The molecule has 0 fully saturated rings. The Morgan fingerprint density at radius 3 is 0.701 bits per heavy atom. The molecular weight excluding hydrogens is 1140 g/mol. The minimum atomic E-state index is -0.905. The monoisotopic (exact) mass is 1210 g/mol. The average Bonchev–Trinajstić information content (AvgIpc) is 1.28. The van der Waals surface area contributed by atoms with E-state index >= 15 is 0 Å². The van der Waals surface area contributed by atoms with Crippen molar-refractivity contribution in [2.45, 2.75) is 6.42 Å². The summed E-state index contributed by atoms with van der Waals surface area (Å²) in [5.74, 6) is -12.4. The first kappa shape index (κ1) is 69.1. The zero-order valence-electron chi connectivity index (χ0n) is 49.0. The fraction of sp³-hybridized carbons (Fsp3) is 0.357. The van der Waals surface area contributed by atoms with Crippen LogP contribution in [0.4, 0.5) is 0 Å². The van der Waals surface area contributed by atoms with Crippen LogP contribution in [0, 0.1) is 0 Å². The molecule has 0 bridgehead atoms. The van der Waals surface area contributed by atoms with Gasteiger partial charge in [-0.1, -0.05) is 0 Å². The van der Waals surface area contributed by atoms with Gasteiger partial charge in [-0.15, -0.1) is 0 Å². The second-order valence-corrected chi connectivity index (χ2v) is 18.8. The number of benzene rings is 4. The minimum absolute atomic E-state index is 0.0307. The van der Waals surface area contributed by atoms with E-state index < -0.39 is 116 Å². The van der Waals surface area contributed by atoms with E-state index in [1.807, 2.05) is 0 Å². The summed E-state index contributed by atoms with van der Waals surface area (Å²) in [5, 5.41) is 74.1. The van der Waals surface area contributed by atoms with Crippen molar-refractivity contribution in [2.75, 3.05) is 128 Å². The lowest BCUT2D eigenvalue weighted by molar-refractivity contribution is 0.0914. The lowest BCUT2D eigenvalue weighted by Crippen LogP contribution is -2.46. The SMILES string of the molecule is CNC(=O)c1cc(C(=O)NC)c(O)c(C(=O)NCCN(CCNC(=O)c2cc(C(=O)NC)cc(C(=O)NC)c2O)CCN(CCNC(=O)c2cc(C(=O)NC)cc(C(=O)NC)c2O)CCNC(=O)c2cc(C(=O)NCCCN)cc(C(=O)NC)c2O)c1. The molecule has 4 aromatic rings. The molecule has 87 heavy (non-hydrogen) atoms. The molecule has 18 N–H and O–H groups in total. The lowest BCUT2D eigenvalue weighted by Gasteiger charge is -2.28. The molecule has 0 aromatic heterocycles. The van der Waals surface area contributed by atoms with E-state index in [2.05, 4.69) is 63.8 Å². The number of carbonyl (C=O) groups is 12. The molecule has 0 spiro atoms. The van der Waals surface area contributed by atoms with Crippen LogP contribution in [0.5, 0.6) is 23.0 Å². The summed E-state index contributed by atoms with van der Waals surface area (Å²) in [4.78, 5) is 161. The van der Waals surface area contributed by atoms with Crippen LogP contribution in [0.1, 0.15) is 131 Å². The summed E-state index contributed by atoms with van der Waals surface area (Å²) in [5.41, 5.74) is 1.88. The molecule has 468 valence electrons. The van der Waals surface area contributed by atoms with Crippen LogP contribution in [0.3, 0.4) is 0 Å². The van der Waals surface area contributed by atoms with Crippen molar-refractivity contribution in [3.8, 4) is 23.0 Å². The van der Waals surface area contributed by atoms with Gasteiger partial charge in [0, 0.05) is 144 Å². The predicted molar refractivity (Wildman–Crippen MR) is 314 cm³/mol. The highest BCUT2D eigenvalue weighted by atomic mass is 16.3. The smallest absolute Gasteiger partial charge is 0.255 e. The average molecular weight is 1210 g/mol. The van der Waals surface area contributed by atoms with Gasteiger partial charge in [0.15, 0.2) is 0 Å². The standard InChI is InChI=1S/C56H73N15O16/c1-58-45(76)29-21-33(49(80)61-4)41(72)37(24-29)53(84)66-11-15-70(16-12-67-54(85)38-25-30(46(77)59-2)22-34(42(38)73)50(81)62-5)19-20-71(17-13-68-55(86)39-26-31(47(78)60-3)23-35(43(39)74)51(82)63-6)18-14-69-56(87)40-28-32(48(79)65-10-8-9-57)27-36(44(40)75)52(83)64-7/h21-28,72-75H,8-20,57H2,1-7H3,(H,58,76)(H,59,77)(H,60,78)(H,61,80)(H,62,81)(H,63,82)(H,64,83)(H,65,79)(H,66,84)(H,67,85)(H,68,86)(H,69,87). The molecule has 0 aliphatic rings. The van der Waals surface area contributed by atoms with Gasteiger partial charge < -0.3 is 90.0 Å². The molecule has 4 aromatic carbocycles. The van der Waals surface area contributed by atoms with Crippen LogP contribution in [-0.2, 0) is 0 Å². The number of aromatic hydroxyl groups is 4. The molecule has 0 saturated carbocycles. The molecule has 0 aliphatic carbocycles. The van der Waals surface area contributed by atoms with Gasteiger partial charge in [-0.3, -0.25) is 67.3 Å². The zero-order valence-corrected chi connectivity index (χ0v) is 49.0. The zero-order chi connectivity index (χ0) is 64.7. The maximum Gasteiger partial charge on any atom is 0.255 e. The highest BCUT2D eigenvalue weighted by Gasteiger charge is 2.27. The van der Waals surface area contributed by atoms with Gasteiger partial charge in [0.05, 0.1) is 44.5 Å². The minimum Gasteiger partial charge on any atom is -0.506 e. The first-order valence-electron chi connectivity index (χ1n) is 27.0. The van der Waals surface area contributed by atoms with Gasteiger partial charge in [-0.05, 0) is 61.5 Å². The largest absolute Gasteiger partial charge is 0.506 e. The van der Waals surface area contributed by atoms with Gasteiger partial charge >= 0.3 is 0 Å². The Morgan fingerprint density at radius 2 is 0.494 bits per heavy atom. The summed E-state index contributed by atoms with van der Waals surface area (Å²) in [7, 11) is 9.10. The maximum absolute atomic E-state index is 13.9. The van der Waals surface area contributed by atoms with Crippen LogP contribution < -0.4 is 69.5 Å². The number of nitrogens with two attached hydrogens (primary N) is 1. The molecule has 0 radical (unpaired) electrons. The number of amides is 12. The maximum atomic E-state index is 13.9. The summed E-state index contributed by atoms with van der Waals surface area (Å²) >= 11 is 0. The van der Waals surface area contributed by atoms with Gasteiger partial charge in [0.25, 0.3) is 70.9 Å². The lowest BCUT2D eigenvalue weighted by atomic mass is 10.0. The van der Waals surface area contributed by atoms with Crippen molar-refractivity contribution in [2.24, 2.45) is 5.73 Å². The van der Waals surface area contributed by atoms with Crippen molar-refractivity contribution in [3.05, 3.63) is 115 Å². The van der Waals surface area contributed by atoms with E-state index in [-0.39, 0.29) is 123 Å². The molecule has 0 heterocycles. The van der Waals surface area contributed by atoms with Crippen LogP contribution >= 0.6 is 0 Å². The van der Waals surface area contributed by atoms with Gasteiger partial charge in [0.2, 0.25) is 0 Å². The Hall–Kier alpha value is -10.4. The summed E-state index contributed by atoms with van der Waals surface area (Å²) in [6.07, 6.45) is 0.421. The van der Waals surface area contributed by atoms with E-state index in [9.17, 15) is 78.0 Å². The fourth-order valence-corrected chi connectivity index (χ4v) is 8.47. The second kappa shape index (κ2) is 33.2. The third-order valence-corrected chi connectivity index (χ3v) is 13.3. The Kier molecular flexibility index (Phi) is 26.4. The van der Waals surface area contributed by atoms with Gasteiger partial charge in [0.1, 0.15) is 23.0 Å². The Bertz CT molecular complexity index is 3200. The van der Waals surface area contributed by atoms with E-state index in [0.717, 1.165) is 48.5 Å². The Labute approximate surface area is 499 Å². The van der Waals surface area contributed by atoms with Gasteiger partial charge in [-0.2, -0.15) is 0 Å². The molecular formula is C56H73N15O16. The molecule has 0 saturated heterocycles. The van der Waals surface area contributed by atoms with E-state index in [1.165, 1.54) is 49.3 Å². The quantitative estimate of drug-likeness (QED) is 0.0228. The van der Waals surface area contributed by atoms with Crippen LogP contribution in [-0.4, -0.2) is 229 Å². The number of nitrogens with zero attached hydrogens (tertiary/aromatic N) is 2. The summed E-state index contributed by atoms with van der Waals surface area (Å²) < 4.78 is 0. The molecule has 12 amide bonds. The fourth-order valence-electron chi connectivity index (χ4n) is 8.47. The third-order valence-electron chi connectivity index (χ3n) is 13.3. The molecule has 0 aliphatic heterocycles. The molecule has 31 nitrogen and oxygen atoms in total. The summed E-state index contributed by atoms with van der Waals surface area (Å²) in [6.45, 7) is -0.364. The van der Waals surface area contributed by atoms with E-state index in [4.69, 9.17) is 5.73 Å². The van der Waals surface area contributed by atoms with E-state index in [1.54, 1.807) is 9.80 Å². The summed E-state index contributed by atoms with van der Waals surface area (Å²) in [6, 6.07) is 8.79. The Balaban J connectivity index is 1.71. The number of carbonyl (C=O) groups excluding carboxylic acids is 12. The molecule has 0 unspecified atom stereocenters. The van der Waals surface area contributed by atoms with Crippen LogP contribution in [0.25, 0.3) is 0 Å². The first-order chi connectivity index (χ1) is 41.4. The third kappa shape index (κ3) is 18.3. The van der Waals surface area contributed by atoms with Crippen LogP contribution in [0.2, 0.25) is 0 Å². The highest BCUT2D eigenvalue weighted by Crippen LogP contribution is 2.29. The van der Waals surface area contributed by atoms with Crippen molar-refractivity contribution in [1.29, 1.82) is 0 Å². The first-order valence-corrected chi connectivity index (χ1v) is 27.0. The van der Waals surface area contributed by atoms with Crippen molar-refractivity contribution >= 4 is 70.9 Å².